The topological polar surface area (TPSA) is 91.8 Å². The summed E-state index contributed by atoms with van der Waals surface area (Å²) in [5, 5.41) is 9.01. The number of carbonyl (C=O) groups is 2. The summed E-state index contributed by atoms with van der Waals surface area (Å²) in [5.41, 5.74) is 0. The number of aliphatic carboxylic acids is 1. The minimum atomic E-state index is -3.63. The van der Waals surface area contributed by atoms with Gasteiger partial charge in [-0.25, -0.2) is 8.42 Å². The van der Waals surface area contributed by atoms with Gasteiger partial charge in [0.1, 0.15) is 4.21 Å². The van der Waals surface area contributed by atoms with Crippen molar-refractivity contribution in [3.8, 4) is 0 Å². The van der Waals surface area contributed by atoms with Gasteiger partial charge < -0.3 is 10.0 Å². The number of hydrogen-bond donors (Lipinski definition) is 1. The van der Waals surface area contributed by atoms with E-state index in [4.69, 9.17) is 5.11 Å². The van der Waals surface area contributed by atoms with Crippen LogP contribution in [0.5, 0.6) is 0 Å². The highest BCUT2D eigenvalue weighted by Gasteiger charge is 2.29. The van der Waals surface area contributed by atoms with Crippen molar-refractivity contribution >= 4 is 33.1 Å². The van der Waals surface area contributed by atoms with Gasteiger partial charge in [-0.3, -0.25) is 9.59 Å². The number of carboxylic acids is 1. The molecule has 6 nitrogen and oxygen atoms in total. The fraction of sp³-hybridized carbons (Fsp3) is 0.294. The summed E-state index contributed by atoms with van der Waals surface area (Å²) < 4.78 is 25.3. The number of benzene rings is 1. The third-order valence-electron chi connectivity index (χ3n) is 4.24. The normalized spacial score (nSPS) is 15.9. The van der Waals surface area contributed by atoms with Crippen LogP contribution in [0.15, 0.2) is 51.6 Å². The van der Waals surface area contributed by atoms with E-state index in [1.165, 1.54) is 24.3 Å². The van der Waals surface area contributed by atoms with Gasteiger partial charge in [0.2, 0.25) is 9.84 Å². The maximum Gasteiger partial charge on any atom is 0.306 e. The molecule has 1 amide bonds. The molecule has 3 rings (SSSR count). The van der Waals surface area contributed by atoms with Gasteiger partial charge in [0.15, 0.2) is 0 Å². The molecule has 2 aromatic rings. The Hall–Kier alpha value is -2.19. The Balaban J connectivity index is 1.76. The standard InChI is InChI=1S/C17H17NO5S2/c19-16(18-10-8-12(9-11-18)17(20)21)14-6-7-15(24-14)25(22,23)13-4-2-1-3-5-13/h1-7,12H,8-11H2,(H,20,21). The number of rotatable bonds is 4. The molecule has 1 aromatic carbocycles. The van der Waals surface area contributed by atoms with Crippen LogP contribution in [-0.4, -0.2) is 43.4 Å². The number of hydrogen-bond acceptors (Lipinski definition) is 5. The first kappa shape index (κ1) is 17.6. The largest absolute Gasteiger partial charge is 0.481 e. The van der Waals surface area contributed by atoms with Crippen LogP contribution in [0.2, 0.25) is 0 Å². The fourth-order valence-electron chi connectivity index (χ4n) is 2.78. The summed E-state index contributed by atoms with van der Waals surface area (Å²) in [6.07, 6.45) is 0.837. The molecule has 0 radical (unpaired) electrons. The molecule has 1 aliphatic rings. The van der Waals surface area contributed by atoms with E-state index in [9.17, 15) is 18.0 Å². The Morgan fingerprint density at radius 1 is 1.04 bits per heavy atom. The lowest BCUT2D eigenvalue weighted by molar-refractivity contribution is -0.143. The first-order chi connectivity index (χ1) is 11.9. The lowest BCUT2D eigenvalue weighted by atomic mass is 9.97. The third kappa shape index (κ3) is 3.59. The van der Waals surface area contributed by atoms with Crippen molar-refractivity contribution in [3.63, 3.8) is 0 Å². The maximum absolute atomic E-state index is 12.6. The molecule has 1 N–H and O–H groups in total. The molecule has 1 aliphatic heterocycles. The summed E-state index contributed by atoms with van der Waals surface area (Å²) >= 11 is 0.948. The van der Waals surface area contributed by atoms with Crippen LogP contribution in [0.25, 0.3) is 0 Å². The summed E-state index contributed by atoms with van der Waals surface area (Å²) in [6, 6.07) is 11.1. The van der Waals surface area contributed by atoms with Crippen LogP contribution in [0.3, 0.4) is 0 Å². The number of piperidine rings is 1. The van der Waals surface area contributed by atoms with E-state index in [1.807, 2.05) is 0 Å². The van der Waals surface area contributed by atoms with Gasteiger partial charge >= 0.3 is 5.97 Å². The molecule has 1 saturated heterocycles. The fourth-order valence-corrected chi connectivity index (χ4v) is 5.48. The highest BCUT2D eigenvalue weighted by atomic mass is 32.2. The van der Waals surface area contributed by atoms with Crippen LogP contribution in [0.4, 0.5) is 0 Å². The summed E-state index contributed by atoms with van der Waals surface area (Å²) in [6.45, 7) is 0.739. The molecular weight excluding hydrogens is 362 g/mol. The molecule has 1 fully saturated rings. The van der Waals surface area contributed by atoms with E-state index in [2.05, 4.69) is 0 Å². The van der Waals surface area contributed by atoms with Crippen molar-refractivity contribution < 1.29 is 23.1 Å². The number of carboxylic acid groups (broad SMARTS) is 1. The van der Waals surface area contributed by atoms with Gasteiger partial charge in [-0.1, -0.05) is 18.2 Å². The molecule has 0 spiro atoms. The Bertz CT molecular complexity index is 881. The van der Waals surface area contributed by atoms with Crippen LogP contribution in [0, 0.1) is 5.92 Å². The average molecular weight is 379 g/mol. The smallest absolute Gasteiger partial charge is 0.306 e. The van der Waals surface area contributed by atoms with Crippen LogP contribution in [-0.2, 0) is 14.6 Å². The number of thiophene rings is 1. The zero-order valence-corrected chi connectivity index (χ0v) is 14.9. The number of sulfone groups is 1. The second-order valence-electron chi connectivity index (χ2n) is 5.84. The third-order valence-corrected chi connectivity index (χ3v) is 7.58. The van der Waals surface area contributed by atoms with Gasteiger partial charge in [-0.15, -0.1) is 11.3 Å². The summed E-state index contributed by atoms with van der Waals surface area (Å²) in [4.78, 5) is 25.7. The SMILES string of the molecule is O=C(O)C1CCN(C(=O)c2ccc(S(=O)(=O)c3ccccc3)s2)CC1. The van der Waals surface area contributed by atoms with Gasteiger partial charge in [-0.2, -0.15) is 0 Å². The second kappa shape index (κ2) is 6.97. The highest BCUT2D eigenvalue weighted by Crippen LogP contribution is 2.29. The maximum atomic E-state index is 12.6. The predicted molar refractivity (Wildman–Crippen MR) is 92.5 cm³/mol. The summed E-state index contributed by atoms with van der Waals surface area (Å²) in [7, 11) is -3.63. The van der Waals surface area contributed by atoms with Crippen molar-refractivity contribution in [2.45, 2.75) is 21.9 Å². The molecule has 25 heavy (non-hydrogen) atoms. The van der Waals surface area contributed by atoms with Crippen LogP contribution in [0.1, 0.15) is 22.5 Å². The second-order valence-corrected chi connectivity index (χ2v) is 9.10. The van der Waals surface area contributed by atoms with E-state index >= 15 is 0 Å². The van der Waals surface area contributed by atoms with Crippen molar-refractivity contribution in [1.82, 2.24) is 4.90 Å². The Morgan fingerprint density at radius 2 is 1.68 bits per heavy atom. The average Bonchev–Trinajstić information content (AvgIpc) is 3.13. The Kier molecular flexibility index (Phi) is 4.91. The lowest BCUT2D eigenvalue weighted by Crippen LogP contribution is -2.39. The zero-order valence-electron chi connectivity index (χ0n) is 13.3. The van der Waals surface area contributed by atoms with Crippen LogP contribution < -0.4 is 0 Å². The number of likely N-dealkylation sites (tertiary alicyclic amines) is 1. The summed E-state index contributed by atoms with van der Waals surface area (Å²) in [5.74, 6) is -1.50. The van der Waals surface area contributed by atoms with Crippen LogP contribution >= 0.6 is 11.3 Å². The first-order valence-corrected chi connectivity index (χ1v) is 10.1. The number of nitrogens with zero attached hydrogens (tertiary/aromatic N) is 1. The molecule has 1 aromatic heterocycles. The molecule has 0 atom stereocenters. The predicted octanol–water partition coefficient (Wildman–Crippen LogP) is 2.52. The Labute approximate surface area is 149 Å². The van der Waals surface area contributed by atoms with Crippen molar-refractivity contribution in [2.75, 3.05) is 13.1 Å². The molecule has 132 valence electrons. The quantitative estimate of drug-likeness (QED) is 0.881. The minimum absolute atomic E-state index is 0.127. The van der Waals surface area contributed by atoms with E-state index in [0.29, 0.717) is 30.8 Å². The molecule has 2 heterocycles. The molecule has 0 bridgehead atoms. The van der Waals surface area contributed by atoms with Gasteiger partial charge in [0, 0.05) is 13.1 Å². The van der Waals surface area contributed by atoms with Crippen molar-refractivity contribution in [2.24, 2.45) is 5.92 Å². The van der Waals surface area contributed by atoms with E-state index in [-0.39, 0.29) is 15.0 Å². The molecule has 0 saturated carbocycles. The van der Waals surface area contributed by atoms with Gasteiger partial charge in [0.25, 0.3) is 5.91 Å². The number of carbonyl (C=O) groups excluding carboxylic acids is 1. The molecule has 8 heteroatoms. The molecule has 0 unspecified atom stereocenters. The molecular formula is C17H17NO5S2. The van der Waals surface area contributed by atoms with Crippen molar-refractivity contribution in [1.29, 1.82) is 0 Å². The van der Waals surface area contributed by atoms with E-state index < -0.39 is 21.7 Å². The minimum Gasteiger partial charge on any atom is -0.481 e. The lowest BCUT2D eigenvalue weighted by Gasteiger charge is -2.29. The van der Waals surface area contributed by atoms with E-state index in [0.717, 1.165) is 11.3 Å². The van der Waals surface area contributed by atoms with E-state index in [1.54, 1.807) is 23.1 Å². The highest BCUT2D eigenvalue weighted by molar-refractivity contribution is 7.93. The van der Waals surface area contributed by atoms with Gasteiger partial charge in [0.05, 0.1) is 15.7 Å². The number of amides is 1. The first-order valence-electron chi connectivity index (χ1n) is 7.81. The zero-order chi connectivity index (χ0) is 18.0. The Morgan fingerprint density at radius 3 is 2.28 bits per heavy atom. The van der Waals surface area contributed by atoms with Gasteiger partial charge in [-0.05, 0) is 37.1 Å². The molecule has 0 aliphatic carbocycles. The van der Waals surface area contributed by atoms with Crippen molar-refractivity contribution in [3.05, 3.63) is 47.3 Å². The monoisotopic (exact) mass is 379 g/mol.